The fourth-order valence-corrected chi connectivity index (χ4v) is 1.30. The SMILES string of the molecule is CCC(C)(C)NC(=O)Cn1ccnc1CO. The zero-order valence-corrected chi connectivity index (χ0v) is 10.0. The van der Waals surface area contributed by atoms with Crippen molar-refractivity contribution in [1.82, 2.24) is 14.9 Å². The summed E-state index contributed by atoms with van der Waals surface area (Å²) in [5.74, 6) is 0.434. The van der Waals surface area contributed by atoms with Crippen molar-refractivity contribution < 1.29 is 9.90 Å². The Labute approximate surface area is 95.5 Å². The van der Waals surface area contributed by atoms with Crippen LogP contribution in [0, 0.1) is 0 Å². The number of aromatic nitrogens is 2. The van der Waals surface area contributed by atoms with Gasteiger partial charge in [-0.25, -0.2) is 4.98 Å². The Balaban J connectivity index is 2.58. The molecule has 16 heavy (non-hydrogen) atoms. The molecular formula is C11H19N3O2. The Morgan fingerprint density at radius 3 is 2.88 bits per heavy atom. The molecule has 0 bridgehead atoms. The van der Waals surface area contributed by atoms with Crippen molar-refractivity contribution in [3.05, 3.63) is 18.2 Å². The van der Waals surface area contributed by atoms with Crippen LogP contribution in [0.15, 0.2) is 12.4 Å². The lowest BCUT2D eigenvalue weighted by molar-refractivity contribution is -0.123. The van der Waals surface area contributed by atoms with Gasteiger partial charge in [0, 0.05) is 17.9 Å². The predicted octanol–water partition coefficient (Wildman–Crippen LogP) is 0.680. The van der Waals surface area contributed by atoms with Crippen LogP contribution in [0.2, 0.25) is 0 Å². The largest absolute Gasteiger partial charge is 0.388 e. The maximum atomic E-state index is 11.7. The van der Waals surface area contributed by atoms with Crippen LogP contribution >= 0.6 is 0 Å². The van der Waals surface area contributed by atoms with Crippen molar-refractivity contribution in [3.63, 3.8) is 0 Å². The van der Waals surface area contributed by atoms with E-state index in [9.17, 15) is 4.79 Å². The van der Waals surface area contributed by atoms with Crippen molar-refractivity contribution in [2.24, 2.45) is 0 Å². The van der Waals surface area contributed by atoms with Crippen LogP contribution in [0.1, 0.15) is 33.0 Å². The molecule has 1 aromatic heterocycles. The van der Waals surface area contributed by atoms with Crippen LogP contribution in [0.5, 0.6) is 0 Å². The van der Waals surface area contributed by atoms with E-state index >= 15 is 0 Å². The fourth-order valence-electron chi connectivity index (χ4n) is 1.30. The lowest BCUT2D eigenvalue weighted by atomic mass is 10.0. The van der Waals surface area contributed by atoms with Crippen molar-refractivity contribution in [1.29, 1.82) is 0 Å². The average Bonchev–Trinajstić information content (AvgIpc) is 2.64. The minimum absolute atomic E-state index is 0.0699. The molecule has 1 amide bonds. The number of carbonyl (C=O) groups is 1. The highest BCUT2D eigenvalue weighted by molar-refractivity contribution is 5.76. The van der Waals surface area contributed by atoms with Gasteiger partial charge in [0.1, 0.15) is 19.0 Å². The minimum Gasteiger partial charge on any atom is -0.388 e. The van der Waals surface area contributed by atoms with E-state index in [-0.39, 0.29) is 24.6 Å². The van der Waals surface area contributed by atoms with E-state index in [1.165, 1.54) is 0 Å². The highest BCUT2D eigenvalue weighted by Gasteiger charge is 2.18. The van der Waals surface area contributed by atoms with E-state index in [0.717, 1.165) is 6.42 Å². The smallest absolute Gasteiger partial charge is 0.240 e. The fraction of sp³-hybridized carbons (Fsp3) is 0.636. The zero-order chi connectivity index (χ0) is 12.2. The van der Waals surface area contributed by atoms with E-state index in [1.807, 2.05) is 20.8 Å². The first-order chi connectivity index (χ1) is 7.48. The second kappa shape index (κ2) is 5.12. The number of hydrogen-bond donors (Lipinski definition) is 2. The van der Waals surface area contributed by atoms with Crippen molar-refractivity contribution in [2.45, 2.75) is 45.9 Å². The molecule has 90 valence electrons. The zero-order valence-electron chi connectivity index (χ0n) is 10.0. The Morgan fingerprint density at radius 1 is 1.62 bits per heavy atom. The molecular weight excluding hydrogens is 206 g/mol. The molecule has 0 aliphatic carbocycles. The standard InChI is InChI=1S/C11H19N3O2/c1-4-11(2,3)13-10(16)7-14-6-5-12-9(14)8-15/h5-6,15H,4,7-8H2,1-3H3,(H,13,16). The maximum absolute atomic E-state index is 11.7. The maximum Gasteiger partial charge on any atom is 0.240 e. The van der Waals surface area contributed by atoms with Gasteiger partial charge in [-0.1, -0.05) is 6.92 Å². The number of aliphatic hydroxyl groups is 1. The monoisotopic (exact) mass is 225 g/mol. The second-order valence-electron chi connectivity index (χ2n) is 4.42. The van der Waals surface area contributed by atoms with Crippen LogP contribution < -0.4 is 5.32 Å². The van der Waals surface area contributed by atoms with Gasteiger partial charge in [-0.15, -0.1) is 0 Å². The van der Waals surface area contributed by atoms with E-state index in [0.29, 0.717) is 5.82 Å². The number of nitrogens with zero attached hydrogens (tertiary/aromatic N) is 2. The summed E-state index contributed by atoms with van der Waals surface area (Å²) in [6.07, 6.45) is 4.13. The Kier molecular flexibility index (Phi) is 4.06. The van der Waals surface area contributed by atoms with E-state index in [1.54, 1.807) is 17.0 Å². The molecule has 2 N–H and O–H groups in total. The molecule has 1 heterocycles. The van der Waals surface area contributed by atoms with Crippen LogP contribution in [-0.4, -0.2) is 26.1 Å². The molecule has 0 radical (unpaired) electrons. The first kappa shape index (κ1) is 12.7. The summed E-state index contributed by atoms with van der Waals surface area (Å²) in [7, 11) is 0. The van der Waals surface area contributed by atoms with Gasteiger partial charge in [-0.2, -0.15) is 0 Å². The molecule has 1 aromatic rings. The number of aliphatic hydroxyl groups excluding tert-OH is 1. The number of hydrogen-bond acceptors (Lipinski definition) is 3. The van der Waals surface area contributed by atoms with Gasteiger partial charge >= 0.3 is 0 Å². The number of imidazole rings is 1. The summed E-state index contributed by atoms with van der Waals surface area (Å²) in [5.41, 5.74) is -0.197. The van der Waals surface area contributed by atoms with Crippen LogP contribution in [0.3, 0.4) is 0 Å². The molecule has 5 nitrogen and oxygen atoms in total. The van der Waals surface area contributed by atoms with Crippen molar-refractivity contribution >= 4 is 5.91 Å². The van der Waals surface area contributed by atoms with Crippen LogP contribution in [0.4, 0.5) is 0 Å². The van der Waals surface area contributed by atoms with E-state index in [2.05, 4.69) is 10.3 Å². The summed E-state index contributed by atoms with van der Waals surface area (Å²) in [6.45, 7) is 6.02. The lowest BCUT2D eigenvalue weighted by Gasteiger charge is -2.24. The number of carbonyl (C=O) groups excluding carboxylic acids is 1. The summed E-state index contributed by atoms with van der Waals surface area (Å²) in [5, 5.41) is 11.9. The molecule has 0 aliphatic rings. The molecule has 0 fully saturated rings. The number of rotatable bonds is 5. The Morgan fingerprint density at radius 2 is 2.31 bits per heavy atom. The van der Waals surface area contributed by atoms with Crippen LogP contribution in [0.25, 0.3) is 0 Å². The van der Waals surface area contributed by atoms with Gasteiger partial charge in [0.05, 0.1) is 0 Å². The van der Waals surface area contributed by atoms with Crippen molar-refractivity contribution in [2.75, 3.05) is 0 Å². The average molecular weight is 225 g/mol. The second-order valence-corrected chi connectivity index (χ2v) is 4.42. The molecule has 0 saturated heterocycles. The summed E-state index contributed by atoms with van der Waals surface area (Å²) >= 11 is 0. The van der Waals surface area contributed by atoms with Gasteiger partial charge < -0.3 is 15.0 Å². The van der Waals surface area contributed by atoms with Gasteiger partial charge in [0.2, 0.25) is 5.91 Å². The molecule has 0 saturated carbocycles. The van der Waals surface area contributed by atoms with E-state index in [4.69, 9.17) is 5.11 Å². The minimum atomic E-state index is -0.197. The van der Waals surface area contributed by atoms with Gasteiger partial charge in [0.15, 0.2) is 0 Å². The van der Waals surface area contributed by atoms with Crippen molar-refractivity contribution in [3.8, 4) is 0 Å². The number of amides is 1. The Bertz CT molecular complexity index is 358. The van der Waals surface area contributed by atoms with Gasteiger partial charge in [0.25, 0.3) is 0 Å². The quantitative estimate of drug-likeness (QED) is 0.774. The molecule has 0 atom stereocenters. The molecule has 0 aromatic carbocycles. The first-order valence-electron chi connectivity index (χ1n) is 5.40. The molecule has 0 aliphatic heterocycles. The predicted molar refractivity (Wildman–Crippen MR) is 60.7 cm³/mol. The molecule has 0 spiro atoms. The summed E-state index contributed by atoms with van der Waals surface area (Å²) < 4.78 is 1.64. The molecule has 1 rings (SSSR count). The first-order valence-corrected chi connectivity index (χ1v) is 5.40. The van der Waals surface area contributed by atoms with Crippen LogP contribution in [-0.2, 0) is 17.9 Å². The summed E-state index contributed by atoms with van der Waals surface area (Å²) in [4.78, 5) is 15.6. The molecule has 5 heteroatoms. The third kappa shape index (κ3) is 3.34. The van der Waals surface area contributed by atoms with Gasteiger partial charge in [-0.3, -0.25) is 4.79 Å². The topological polar surface area (TPSA) is 67.2 Å². The van der Waals surface area contributed by atoms with E-state index < -0.39 is 0 Å². The third-order valence-electron chi connectivity index (χ3n) is 2.62. The van der Waals surface area contributed by atoms with Gasteiger partial charge in [-0.05, 0) is 20.3 Å². The third-order valence-corrected chi connectivity index (χ3v) is 2.62. The summed E-state index contributed by atoms with van der Waals surface area (Å²) in [6, 6.07) is 0. The number of nitrogens with one attached hydrogen (secondary N) is 1. The normalized spacial score (nSPS) is 11.5. The highest BCUT2D eigenvalue weighted by atomic mass is 16.3. The Hall–Kier alpha value is -1.36. The molecule has 0 unspecified atom stereocenters. The highest BCUT2D eigenvalue weighted by Crippen LogP contribution is 2.07. The lowest BCUT2D eigenvalue weighted by Crippen LogP contribution is -2.44.